The van der Waals surface area contributed by atoms with Gasteiger partial charge in [0.1, 0.15) is 5.01 Å². The van der Waals surface area contributed by atoms with Crippen molar-refractivity contribution in [1.82, 2.24) is 10.3 Å². The first-order valence-corrected chi connectivity index (χ1v) is 7.85. The number of rotatable bonds is 10. The van der Waals surface area contributed by atoms with E-state index in [2.05, 4.69) is 36.5 Å². The molecule has 4 heteroatoms. The topological polar surface area (TPSA) is 34.2 Å². The van der Waals surface area contributed by atoms with E-state index in [1.165, 1.54) is 12.8 Å². The summed E-state index contributed by atoms with van der Waals surface area (Å²) in [6, 6.07) is 0. The van der Waals surface area contributed by atoms with Gasteiger partial charge in [0.05, 0.1) is 12.3 Å². The minimum atomic E-state index is 0.651. The molecule has 0 fully saturated rings. The number of hydrogen-bond acceptors (Lipinski definition) is 4. The van der Waals surface area contributed by atoms with Crippen LogP contribution < -0.4 is 5.32 Å². The van der Waals surface area contributed by atoms with E-state index < -0.39 is 0 Å². The van der Waals surface area contributed by atoms with Crippen molar-refractivity contribution in [1.29, 1.82) is 0 Å². The Morgan fingerprint density at radius 3 is 2.94 bits per heavy atom. The molecular formula is C14H26N2OS. The third kappa shape index (κ3) is 6.47. The van der Waals surface area contributed by atoms with Gasteiger partial charge in [0.2, 0.25) is 0 Å². The Bertz CT molecular complexity index is 314. The Balaban J connectivity index is 2.18. The lowest BCUT2D eigenvalue weighted by Crippen LogP contribution is -2.13. The van der Waals surface area contributed by atoms with Crippen LogP contribution in [0.25, 0.3) is 0 Å². The standard InChI is InChI=1S/C14H26N2OS/c1-4-6-12(3)9-17-10-13-11-18-14(16-13)8-15-7-5-2/h11-12,15H,4-10H2,1-3H3. The average Bonchev–Trinajstić information content (AvgIpc) is 2.78. The quantitative estimate of drug-likeness (QED) is 0.660. The maximum absolute atomic E-state index is 5.70. The van der Waals surface area contributed by atoms with Gasteiger partial charge in [-0.25, -0.2) is 4.98 Å². The van der Waals surface area contributed by atoms with Gasteiger partial charge in [0.25, 0.3) is 0 Å². The van der Waals surface area contributed by atoms with Crippen LogP contribution in [0.2, 0.25) is 0 Å². The summed E-state index contributed by atoms with van der Waals surface area (Å²) in [6.07, 6.45) is 3.63. The lowest BCUT2D eigenvalue weighted by atomic mass is 10.1. The fourth-order valence-electron chi connectivity index (χ4n) is 1.81. The van der Waals surface area contributed by atoms with Crippen molar-refractivity contribution in [3.8, 4) is 0 Å². The van der Waals surface area contributed by atoms with Gasteiger partial charge in [-0.1, -0.05) is 27.2 Å². The summed E-state index contributed by atoms with van der Waals surface area (Å²) in [5.41, 5.74) is 1.07. The van der Waals surface area contributed by atoms with Crippen LogP contribution >= 0.6 is 11.3 Å². The molecule has 0 aliphatic heterocycles. The van der Waals surface area contributed by atoms with Gasteiger partial charge >= 0.3 is 0 Å². The first-order valence-electron chi connectivity index (χ1n) is 6.98. The summed E-state index contributed by atoms with van der Waals surface area (Å²) in [5, 5.41) is 6.62. The maximum atomic E-state index is 5.70. The van der Waals surface area contributed by atoms with E-state index in [4.69, 9.17) is 4.74 Å². The molecular weight excluding hydrogens is 244 g/mol. The Hall–Kier alpha value is -0.450. The Labute approximate surface area is 115 Å². The van der Waals surface area contributed by atoms with Gasteiger partial charge in [-0.3, -0.25) is 0 Å². The summed E-state index contributed by atoms with van der Waals surface area (Å²) in [4.78, 5) is 4.56. The molecule has 0 saturated heterocycles. The second kappa shape index (κ2) is 9.48. The fraction of sp³-hybridized carbons (Fsp3) is 0.786. The smallest absolute Gasteiger partial charge is 0.107 e. The largest absolute Gasteiger partial charge is 0.375 e. The van der Waals surface area contributed by atoms with Crippen molar-refractivity contribution < 1.29 is 4.74 Å². The molecule has 1 atom stereocenters. The Kier molecular flexibility index (Phi) is 8.22. The van der Waals surface area contributed by atoms with Crippen LogP contribution in [0.3, 0.4) is 0 Å². The summed E-state index contributed by atoms with van der Waals surface area (Å²) in [5.74, 6) is 0.652. The third-order valence-electron chi connectivity index (χ3n) is 2.74. The summed E-state index contributed by atoms with van der Waals surface area (Å²) < 4.78 is 5.70. The van der Waals surface area contributed by atoms with Crippen LogP contribution in [0.5, 0.6) is 0 Å². The molecule has 1 rings (SSSR count). The molecule has 0 aliphatic rings. The monoisotopic (exact) mass is 270 g/mol. The van der Waals surface area contributed by atoms with E-state index in [9.17, 15) is 0 Å². The molecule has 3 nitrogen and oxygen atoms in total. The molecule has 0 aliphatic carbocycles. The Morgan fingerprint density at radius 1 is 1.39 bits per heavy atom. The van der Waals surface area contributed by atoms with Gasteiger partial charge in [0.15, 0.2) is 0 Å². The van der Waals surface area contributed by atoms with Gasteiger partial charge in [-0.05, 0) is 25.3 Å². The van der Waals surface area contributed by atoms with Crippen LogP contribution in [-0.2, 0) is 17.9 Å². The molecule has 1 aromatic heterocycles. The fourth-order valence-corrected chi connectivity index (χ4v) is 2.56. The van der Waals surface area contributed by atoms with E-state index in [1.54, 1.807) is 11.3 Å². The van der Waals surface area contributed by atoms with Crippen LogP contribution in [0.15, 0.2) is 5.38 Å². The molecule has 0 radical (unpaired) electrons. The number of thiazole rings is 1. The zero-order valence-electron chi connectivity index (χ0n) is 11.9. The summed E-state index contributed by atoms with van der Waals surface area (Å²) in [7, 11) is 0. The van der Waals surface area contributed by atoms with Gasteiger partial charge in [0, 0.05) is 18.5 Å². The molecule has 18 heavy (non-hydrogen) atoms. The molecule has 0 amide bonds. The number of nitrogens with one attached hydrogen (secondary N) is 1. The van der Waals surface area contributed by atoms with Crippen molar-refractivity contribution in [2.75, 3.05) is 13.2 Å². The molecule has 0 aromatic carbocycles. The van der Waals surface area contributed by atoms with Gasteiger partial charge in [-0.2, -0.15) is 0 Å². The van der Waals surface area contributed by atoms with E-state index in [1.807, 2.05) is 0 Å². The molecule has 1 heterocycles. The van der Waals surface area contributed by atoms with Crippen LogP contribution in [0, 0.1) is 5.92 Å². The van der Waals surface area contributed by atoms with E-state index in [0.29, 0.717) is 12.5 Å². The zero-order valence-corrected chi connectivity index (χ0v) is 12.7. The molecule has 0 saturated carbocycles. The highest BCUT2D eigenvalue weighted by atomic mass is 32.1. The summed E-state index contributed by atoms with van der Waals surface area (Å²) in [6.45, 7) is 10.1. The molecule has 0 spiro atoms. The van der Waals surface area contributed by atoms with Crippen LogP contribution in [-0.4, -0.2) is 18.1 Å². The second-order valence-electron chi connectivity index (χ2n) is 4.82. The lowest BCUT2D eigenvalue weighted by Gasteiger charge is -2.09. The molecule has 104 valence electrons. The van der Waals surface area contributed by atoms with E-state index in [-0.39, 0.29) is 0 Å². The molecule has 1 aromatic rings. The van der Waals surface area contributed by atoms with Crippen molar-refractivity contribution in [2.45, 2.75) is 53.2 Å². The highest BCUT2D eigenvalue weighted by Gasteiger charge is 2.04. The predicted octanol–water partition coefficient (Wildman–Crippen LogP) is 3.60. The number of hydrogen-bond donors (Lipinski definition) is 1. The Morgan fingerprint density at radius 2 is 2.22 bits per heavy atom. The normalized spacial score (nSPS) is 12.8. The maximum Gasteiger partial charge on any atom is 0.107 e. The van der Waals surface area contributed by atoms with E-state index >= 15 is 0 Å². The number of ether oxygens (including phenoxy) is 1. The number of nitrogens with zero attached hydrogens (tertiary/aromatic N) is 1. The van der Waals surface area contributed by atoms with Crippen LogP contribution in [0.4, 0.5) is 0 Å². The van der Waals surface area contributed by atoms with Crippen LogP contribution in [0.1, 0.15) is 50.7 Å². The predicted molar refractivity (Wildman–Crippen MR) is 77.8 cm³/mol. The first kappa shape index (κ1) is 15.6. The minimum absolute atomic E-state index is 0.651. The number of aromatic nitrogens is 1. The van der Waals surface area contributed by atoms with Gasteiger partial charge < -0.3 is 10.1 Å². The van der Waals surface area contributed by atoms with E-state index in [0.717, 1.165) is 36.8 Å². The average molecular weight is 270 g/mol. The molecule has 1 unspecified atom stereocenters. The van der Waals surface area contributed by atoms with Gasteiger partial charge in [-0.15, -0.1) is 11.3 Å². The van der Waals surface area contributed by atoms with Crippen molar-refractivity contribution >= 4 is 11.3 Å². The van der Waals surface area contributed by atoms with Crippen molar-refractivity contribution in [3.05, 3.63) is 16.1 Å². The minimum Gasteiger partial charge on any atom is -0.375 e. The SMILES string of the molecule is CCCNCc1nc(COCC(C)CCC)cs1. The van der Waals surface area contributed by atoms with Crippen molar-refractivity contribution in [2.24, 2.45) is 5.92 Å². The first-order chi connectivity index (χ1) is 8.76. The lowest BCUT2D eigenvalue weighted by molar-refractivity contribution is 0.0874. The highest BCUT2D eigenvalue weighted by molar-refractivity contribution is 7.09. The third-order valence-corrected chi connectivity index (χ3v) is 3.63. The zero-order chi connectivity index (χ0) is 13.2. The summed E-state index contributed by atoms with van der Waals surface area (Å²) >= 11 is 1.72. The second-order valence-corrected chi connectivity index (χ2v) is 5.76. The van der Waals surface area contributed by atoms with Crippen molar-refractivity contribution in [3.63, 3.8) is 0 Å². The molecule has 0 bridgehead atoms. The highest BCUT2D eigenvalue weighted by Crippen LogP contribution is 2.12. The molecule has 1 N–H and O–H groups in total.